The molecule has 1 aromatic heterocycles. The fraction of sp³-hybridized carbons (Fsp3) is 0.250. The lowest BCUT2D eigenvalue weighted by Crippen LogP contribution is -2.30. The van der Waals surface area contributed by atoms with Gasteiger partial charge in [0.15, 0.2) is 5.82 Å². The van der Waals surface area contributed by atoms with Gasteiger partial charge in [0, 0.05) is 28.1 Å². The lowest BCUT2D eigenvalue weighted by atomic mass is 9.86. The second-order valence-electron chi connectivity index (χ2n) is 7.99. The molecule has 1 aliphatic carbocycles. The maximum absolute atomic E-state index is 12.6. The van der Waals surface area contributed by atoms with E-state index in [0.29, 0.717) is 12.2 Å². The number of aliphatic hydroxyl groups is 1. The van der Waals surface area contributed by atoms with Crippen LogP contribution in [0.3, 0.4) is 0 Å². The molecule has 0 radical (unpaired) electrons. The van der Waals surface area contributed by atoms with Crippen LogP contribution in [0.1, 0.15) is 25.7 Å². The van der Waals surface area contributed by atoms with Crippen molar-refractivity contribution in [2.75, 3.05) is 10.6 Å². The molecule has 6 nitrogen and oxygen atoms in total. The van der Waals surface area contributed by atoms with Crippen molar-refractivity contribution in [3.63, 3.8) is 0 Å². The Hall–Kier alpha value is -3.38. The molecule has 2 atom stereocenters. The number of rotatable bonds is 4. The number of fused-ring (bicyclic) bond motifs is 2. The number of hydrogen-bond donors (Lipinski definition) is 4. The molecule has 6 heteroatoms. The molecule has 3 aromatic carbocycles. The van der Waals surface area contributed by atoms with Crippen LogP contribution in [0.25, 0.3) is 21.7 Å². The molecule has 5 rings (SSSR count). The highest BCUT2D eigenvalue weighted by atomic mass is 16.3. The van der Waals surface area contributed by atoms with Crippen LogP contribution in [0.15, 0.2) is 60.7 Å². The Labute approximate surface area is 174 Å². The van der Waals surface area contributed by atoms with Gasteiger partial charge < -0.3 is 15.7 Å². The molecule has 1 amide bonds. The number of nitrogens with zero attached hydrogens (tertiary/aromatic N) is 1. The topological polar surface area (TPSA) is 90.0 Å². The molecular formula is C24H24N4O2. The first-order chi connectivity index (χ1) is 14.7. The summed E-state index contributed by atoms with van der Waals surface area (Å²) in [5.74, 6) is 0.549. The van der Waals surface area contributed by atoms with E-state index in [4.69, 9.17) is 0 Å². The number of nitrogens with one attached hydrogen (secondary N) is 3. The Morgan fingerprint density at radius 2 is 1.90 bits per heavy atom. The van der Waals surface area contributed by atoms with Crippen molar-refractivity contribution in [3.8, 4) is 0 Å². The van der Waals surface area contributed by atoms with E-state index in [1.807, 2.05) is 42.5 Å². The van der Waals surface area contributed by atoms with Crippen molar-refractivity contribution in [1.82, 2.24) is 10.2 Å². The Morgan fingerprint density at radius 3 is 2.80 bits per heavy atom. The third-order valence-corrected chi connectivity index (χ3v) is 5.89. The number of H-pyrrole nitrogens is 1. The summed E-state index contributed by atoms with van der Waals surface area (Å²) in [5.41, 5.74) is 2.60. The minimum Gasteiger partial charge on any atom is -0.393 e. The quantitative estimate of drug-likeness (QED) is 0.390. The van der Waals surface area contributed by atoms with Crippen LogP contribution < -0.4 is 10.6 Å². The second-order valence-corrected chi connectivity index (χ2v) is 7.99. The number of aliphatic hydroxyl groups excluding tert-OH is 1. The van der Waals surface area contributed by atoms with E-state index in [1.165, 1.54) is 0 Å². The zero-order valence-electron chi connectivity index (χ0n) is 16.6. The van der Waals surface area contributed by atoms with E-state index >= 15 is 0 Å². The predicted molar refractivity (Wildman–Crippen MR) is 120 cm³/mol. The number of carbonyl (C=O) groups excluding carboxylic acids is 1. The second kappa shape index (κ2) is 7.80. The van der Waals surface area contributed by atoms with E-state index in [2.05, 4.69) is 39.0 Å². The van der Waals surface area contributed by atoms with Crippen molar-refractivity contribution in [2.24, 2.45) is 5.92 Å². The average Bonchev–Trinajstić information content (AvgIpc) is 3.16. The highest BCUT2D eigenvalue weighted by molar-refractivity contribution is 6.01. The molecule has 1 fully saturated rings. The van der Waals surface area contributed by atoms with Crippen molar-refractivity contribution < 1.29 is 9.90 Å². The molecular weight excluding hydrogens is 376 g/mol. The Kier molecular flexibility index (Phi) is 4.85. The molecule has 4 aromatic rings. The fourth-order valence-corrected chi connectivity index (χ4v) is 4.30. The van der Waals surface area contributed by atoms with Crippen LogP contribution in [-0.2, 0) is 4.79 Å². The SMILES string of the molecule is O=C(Nc1ccc2[nH]nc(Nc3cccc4ccccc34)c2c1)C1CCCC(O)C1. The monoisotopic (exact) mass is 400 g/mol. The lowest BCUT2D eigenvalue weighted by Gasteiger charge is -2.24. The van der Waals surface area contributed by atoms with Gasteiger partial charge >= 0.3 is 0 Å². The summed E-state index contributed by atoms with van der Waals surface area (Å²) in [6.07, 6.45) is 2.66. The average molecular weight is 400 g/mol. The van der Waals surface area contributed by atoms with Crippen LogP contribution in [0.4, 0.5) is 17.2 Å². The van der Waals surface area contributed by atoms with Crippen LogP contribution in [-0.4, -0.2) is 27.3 Å². The molecule has 1 heterocycles. The van der Waals surface area contributed by atoms with Gasteiger partial charge in [0.1, 0.15) is 0 Å². The number of anilines is 3. The fourth-order valence-electron chi connectivity index (χ4n) is 4.30. The summed E-state index contributed by atoms with van der Waals surface area (Å²) >= 11 is 0. The van der Waals surface area contributed by atoms with Crippen LogP contribution in [0.2, 0.25) is 0 Å². The highest BCUT2D eigenvalue weighted by Gasteiger charge is 2.26. The smallest absolute Gasteiger partial charge is 0.227 e. The lowest BCUT2D eigenvalue weighted by molar-refractivity contribution is -0.122. The first-order valence-corrected chi connectivity index (χ1v) is 10.4. The molecule has 0 aliphatic heterocycles. The van der Waals surface area contributed by atoms with Gasteiger partial charge in [-0.15, -0.1) is 0 Å². The van der Waals surface area contributed by atoms with Gasteiger partial charge in [0.05, 0.1) is 11.6 Å². The van der Waals surface area contributed by atoms with Gasteiger partial charge in [-0.2, -0.15) is 5.10 Å². The minimum atomic E-state index is -0.373. The number of benzene rings is 3. The van der Waals surface area contributed by atoms with E-state index in [1.54, 1.807) is 0 Å². The van der Waals surface area contributed by atoms with Crippen LogP contribution in [0, 0.1) is 5.92 Å². The summed E-state index contributed by atoms with van der Waals surface area (Å²) < 4.78 is 0. The third kappa shape index (κ3) is 3.62. The van der Waals surface area contributed by atoms with Crippen molar-refractivity contribution in [1.29, 1.82) is 0 Å². The Balaban J connectivity index is 1.41. The van der Waals surface area contributed by atoms with Gasteiger partial charge in [-0.25, -0.2) is 0 Å². The first kappa shape index (κ1) is 18.6. The van der Waals surface area contributed by atoms with Crippen LogP contribution >= 0.6 is 0 Å². The summed E-state index contributed by atoms with van der Waals surface area (Å²) in [4.78, 5) is 12.6. The van der Waals surface area contributed by atoms with E-state index < -0.39 is 0 Å². The molecule has 0 saturated heterocycles. The first-order valence-electron chi connectivity index (χ1n) is 10.4. The summed E-state index contributed by atoms with van der Waals surface area (Å²) in [7, 11) is 0. The van der Waals surface area contributed by atoms with Gasteiger partial charge in [0.2, 0.25) is 5.91 Å². The molecule has 30 heavy (non-hydrogen) atoms. The van der Waals surface area contributed by atoms with E-state index in [9.17, 15) is 9.90 Å². The zero-order valence-corrected chi connectivity index (χ0v) is 16.6. The molecule has 1 saturated carbocycles. The van der Waals surface area contributed by atoms with Crippen molar-refractivity contribution in [2.45, 2.75) is 31.8 Å². The Morgan fingerprint density at radius 1 is 1.03 bits per heavy atom. The molecule has 152 valence electrons. The van der Waals surface area contributed by atoms with Crippen molar-refractivity contribution >= 4 is 44.8 Å². The normalized spacial score (nSPS) is 19.1. The van der Waals surface area contributed by atoms with Gasteiger partial charge in [-0.1, -0.05) is 42.8 Å². The van der Waals surface area contributed by atoms with Gasteiger partial charge in [0.25, 0.3) is 0 Å². The third-order valence-electron chi connectivity index (χ3n) is 5.89. The Bertz CT molecular complexity index is 1210. The summed E-state index contributed by atoms with van der Waals surface area (Å²) in [5, 5.41) is 27.0. The number of carbonyl (C=O) groups is 1. The van der Waals surface area contributed by atoms with E-state index in [-0.39, 0.29) is 17.9 Å². The number of amides is 1. The largest absolute Gasteiger partial charge is 0.393 e. The predicted octanol–water partition coefficient (Wildman–Crippen LogP) is 4.95. The maximum atomic E-state index is 12.6. The summed E-state index contributed by atoms with van der Waals surface area (Å²) in [6.45, 7) is 0. The summed E-state index contributed by atoms with van der Waals surface area (Å²) in [6, 6.07) is 20.1. The standard InChI is InChI=1S/C24H24N4O2/c29-18-8-3-7-16(13-18)24(30)25-17-11-12-22-20(14-17)23(28-27-22)26-21-10-4-6-15-5-1-2-9-19(15)21/h1-2,4-6,9-12,14,16,18,29H,3,7-8,13H2,(H,25,30)(H2,26,27,28). The zero-order chi connectivity index (χ0) is 20.5. The molecule has 1 aliphatic rings. The van der Waals surface area contributed by atoms with E-state index in [0.717, 1.165) is 52.3 Å². The number of aromatic amines is 1. The van der Waals surface area contributed by atoms with Gasteiger partial charge in [-0.05, 0) is 48.9 Å². The number of hydrogen-bond acceptors (Lipinski definition) is 4. The minimum absolute atomic E-state index is 0.0276. The molecule has 0 bridgehead atoms. The molecule has 2 unspecified atom stereocenters. The van der Waals surface area contributed by atoms with Crippen LogP contribution in [0.5, 0.6) is 0 Å². The van der Waals surface area contributed by atoms with Crippen molar-refractivity contribution in [3.05, 3.63) is 60.7 Å². The maximum Gasteiger partial charge on any atom is 0.227 e. The van der Waals surface area contributed by atoms with Gasteiger partial charge in [-0.3, -0.25) is 9.89 Å². The molecule has 0 spiro atoms. The highest BCUT2D eigenvalue weighted by Crippen LogP contribution is 2.31. The number of aromatic nitrogens is 2. The molecule has 4 N–H and O–H groups in total.